The Kier molecular flexibility index (Phi) is 22.3. The van der Waals surface area contributed by atoms with Crippen molar-refractivity contribution in [3.8, 4) is 0 Å². The van der Waals surface area contributed by atoms with Gasteiger partial charge in [0.1, 0.15) is 0 Å². The van der Waals surface area contributed by atoms with Crippen molar-refractivity contribution in [1.29, 1.82) is 0 Å². The highest BCUT2D eigenvalue weighted by atomic mass is 16.5. The number of carbonyl (C=O) groups excluding carboxylic acids is 5. The van der Waals surface area contributed by atoms with Gasteiger partial charge in [-0.25, -0.2) is 0 Å². The molecule has 57 heavy (non-hydrogen) atoms. The molecule has 4 fully saturated rings. The van der Waals surface area contributed by atoms with E-state index in [0.29, 0.717) is 6.10 Å². The molecule has 4 saturated heterocycles. The molecule has 6 rings (SSSR count). The Morgan fingerprint density at radius 3 is 1.54 bits per heavy atom. The van der Waals surface area contributed by atoms with Crippen LogP contribution in [0.25, 0.3) is 0 Å². The van der Waals surface area contributed by atoms with E-state index in [1.165, 1.54) is 51.0 Å². The Hall–Kier alpha value is -4.71. The summed E-state index contributed by atoms with van der Waals surface area (Å²) in [5.74, 6) is 0.601. The molecular weight excluding hydrogens is 721 g/mol. The highest BCUT2D eigenvalue weighted by Gasteiger charge is 2.19. The molecule has 2 aromatic carbocycles. The van der Waals surface area contributed by atoms with Crippen LogP contribution in [0.5, 0.6) is 0 Å². The summed E-state index contributed by atoms with van der Waals surface area (Å²) in [7, 11) is 3.96. The number of Topliss-reactive ketones (excluding diaryl/α,β-unsaturated/α-hetero) is 1. The van der Waals surface area contributed by atoms with Crippen molar-refractivity contribution in [2.75, 3.05) is 88.2 Å². The predicted molar refractivity (Wildman–Crippen MR) is 232 cm³/mol. The third kappa shape index (κ3) is 19.8. The van der Waals surface area contributed by atoms with Crippen molar-refractivity contribution in [2.24, 2.45) is 0 Å². The van der Waals surface area contributed by atoms with E-state index in [0.717, 1.165) is 94.4 Å². The molecule has 1 atom stereocenters. The van der Waals surface area contributed by atoms with E-state index in [1.807, 2.05) is 82.2 Å². The van der Waals surface area contributed by atoms with E-state index >= 15 is 0 Å². The van der Waals surface area contributed by atoms with Gasteiger partial charge in [-0.05, 0) is 114 Å². The molecule has 0 aliphatic carbocycles. The minimum atomic E-state index is -0.0439. The second-order valence-electron chi connectivity index (χ2n) is 15.2. The summed E-state index contributed by atoms with van der Waals surface area (Å²) in [5.41, 5.74) is 5.08. The number of piperazine rings is 1. The lowest BCUT2D eigenvalue weighted by Crippen LogP contribution is -2.48. The van der Waals surface area contributed by atoms with Crippen LogP contribution in [-0.2, 0) is 23.9 Å². The number of anilines is 3. The number of amides is 4. The fourth-order valence-corrected chi connectivity index (χ4v) is 6.48. The van der Waals surface area contributed by atoms with Gasteiger partial charge in [0.25, 0.3) is 0 Å². The van der Waals surface area contributed by atoms with Crippen molar-refractivity contribution in [3.05, 3.63) is 66.2 Å². The molecule has 4 aliphatic rings. The highest BCUT2D eigenvalue weighted by molar-refractivity contribution is 5.94. The second kappa shape index (κ2) is 26.3. The number of nitrogens with one attached hydrogen (secondary N) is 1. The zero-order valence-electron chi connectivity index (χ0n) is 36.1. The first kappa shape index (κ1) is 48.4. The quantitative estimate of drug-likeness (QED) is 0.259. The van der Waals surface area contributed by atoms with Gasteiger partial charge in [-0.15, -0.1) is 0 Å². The molecule has 0 bridgehead atoms. The average molecular weight is 791 g/mol. The SMILES string of the molecule is C=C1CCN(C(C)=O)CC1.CC(=O)N1CCCCC1.CC(=O)Nc1ccc(N(C)C)cc1.CC(=O)c1ccc(N2CCN(C(C)=O)CC2)cc1.CC1CCCCO1. The minimum Gasteiger partial charge on any atom is -0.379 e. The van der Waals surface area contributed by atoms with Crippen LogP contribution in [0, 0.1) is 0 Å². The van der Waals surface area contributed by atoms with Crippen LogP contribution in [-0.4, -0.2) is 123 Å². The lowest BCUT2D eigenvalue weighted by Gasteiger charge is -2.35. The number of likely N-dealkylation sites (tertiary alicyclic amines) is 2. The second-order valence-corrected chi connectivity index (χ2v) is 15.2. The van der Waals surface area contributed by atoms with Gasteiger partial charge in [0, 0.05) is 123 Å². The number of hydrogen-bond acceptors (Lipinski definition) is 8. The zero-order valence-corrected chi connectivity index (χ0v) is 36.1. The van der Waals surface area contributed by atoms with E-state index < -0.39 is 0 Å². The van der Waals surface area contributed by atoms with Crippen LogP contribution >= 0.6 is 0 Å². The van der Waals surface area contributed by atoms with Crippen LogP contribution in [0.4, 0.5) is 17.1 Å². The van der Waals surface area contributed by atoms with Crippen molar-refractivity contribution in [3.63, 3.8) is 0 Å². The van der Waals surface area contributed by atoms with Gasteiger partial charge in [-0.1, -0.05) is 12.2 Å². The molecule has 4 aliphatic heterocycles. The van der Waals surface area contributed by atoms with Gasteiger partial charge in [0.05, 0.1) is 6.10 Å². The van der Waals surface area contributed by atoms with Crippen molar-refractivity contribution < 1.29 is 28.7 Å². The van der Waals surface area contributed by atoms with Gasteiger partial charge >= 0.3 is 0 Å². The van der Waals surface area contributed by atoms with E-state index in [-0.39, 0.29) is 29.4 Å². The van der Waals surface area contributed by atoms with Gasteiger partial charge in [0.2, 0.25) is 23.6 Å². The molecule has 1 unspecified atom stereocenters. The molecule has 0 radical (unpaired) electrons. The fourth-order valence-electron chi connectivity index (χ4n) is 6.48. The first-order chi connectivity index (χ1) is 27.1. The molecule has 0 saturated carbocycles. The van der Waals surface area contributed by atoms with Crippen molar-refractivity contribution >= 4 is 46.5 Å². The Bertz CT molecular complexity index is 1530. The molecule has 12 heteroatoms. The summed E-state index contributed by atoms with van der Waals surface area (Å²) in [6, 6.07) is 15.4. The molecule has 316 valence electrons. The maximum Gasteiger partial charge on any atom is 0.221 e. The number of ketones is 1. The third-order valence-corrected chi connectivity index (χ3v) is 10.2. The smallest absolute Gasteiger partial charge is 0.221 e. The van der Waals surface area contributed by atoms with Crippen LogP contribution < -0.4 is 15.1 Å². The summed E-state index contributed by atoms with van der Waals surface area (Å²) in [6.07, 6.45) is 10.1. The summed E-state index contributed by atoms with van der Waals surface area (Å²) in [5, 5.41) is 2.71. The summed E-state index contributed by atoms with van der Waals surface area (Å²) >= 11 is 0. The normalized spacial score (nSPS) is 17.7. The highest BCUT2D eigenvalue weighted by Crippen LogP contribution is 2.18. The first-order valence-electron chi connectivity index (χ1n) is 20.5. The van der Waals surface area contributed by atoms with E-state index in [9.17, 15) is 24.0 Å². The van der Waals surface area contributed by atoms with Gasteiger partial charge < -0.3 is 34.6 Å². The molecule has 4 amide bonds. The molecule has 2 aromatic rings. The minimum absolute atomic E-state index is 0.0439. The van der Waals surface area contributed by atoms with Gasteiger partial charge in [0.15, 0.2) is 5.78 Å². The molecule has 0 spiro atoms. The number of ether oxygens (including phenoxy) is 1. The lowest BCUT2D eigenvalue weighted by molar-refractivity contribution is -0.130. The largest absolute Gasteiger partial charge is 0.379 e. The average Bonchev–Trinajstić information content (AvgIpc) is 3.20. The predicted octanol–water partition coefficient (Wildman–Crippen LogP) is 7.05. The molecule has 1 N–H and O–H groups in total. The Morgan fingerprint density at radius 1 is 0.649 bits per heavy atom. The summed E-state index contributed by atoms with van der Waals surface area (Å²) in [4.78, 5) is 64.6. The summed E-state index contributed by atoms with van der Waals surface area (Å²) < 4.78 is 5.28. The van der Waals surface area contributed by atoms with Gasteiger partial charge in [-0.3, -0.25) is 24.0 Å². The first-order valence-corrected chi connectivity index (χ1v) is 20.5. The Balaban J connectivity index is 0.000000256. The van der Waals surface area contributed by atoms with Gasteiger partial charge in [-0.2, -0.15) is 0 Å². The maximum absolute atomic E-state index is 11.2. The van der Waals surface area contributed by atoms with E-state index in [2.05, 4.69) is 23.7 Å². The van der Waals surface area contributed by atoms with Crippen LogP contribution in [0.15, 0.2) is 60.7 Å². The molecule has 0 aromatic heterocycles. The number of hydrogen-bond donors (Lipinski definition) is 1. The molecule has 12 nitrogen and oxygen atoms in total. The van der Waals surface area contributed by atoms with Crippen LogP contribution in [0.1, 0.15) is 103 Å². The Labute approximate surface area is 342 Å². The fraction of sp³-hybridized carbons (Fsp3) is 0.578. The zero-order chi connectivity index (χ0) is 42.3. The topological polar surface area (TPSA) is 123 Å². The van der Waals surface area contributed by atoms with E-state index in [1.54, 1.807) is 27.7 Å². The number of carbonyl (C=O) groups is 5. The maximum atomic E-state index is 11.2. The van der Waals surface area contributed by atoms with Crippen LogP contribution in [0.2, 0.25) is 0 Å². The molecule has 4 heterocycles. The standard InChI is InChI=1S/C14H18N2O2.C10H14N2O.C8H13NO.C7H13NO.C6H12O/c1-11(17)13-3-5-14(6-4-13)16-9-7-15(8-10-16)12(2)18;1-8(13)11-9-4-6-10(7-5-9)12(2)3;1-7-3-5-9(6-4-7)8(2)10;1-7(9)8-5-3-2-4-6-8;1-6-4-2-3-5-7-6/h3-6H,7-10H2,1-2H3;4-7H,1-3H3,(H,11,13);1,3-6H2,2H3;2-6H2,1H3;6H,2-5H2,1H3. The number of nitrogens with zero attached hydrogens (tertiary/aromatic N) is 5. The van der Waals surface area contributed by atoms with Crippen LogP contribution in [0.3, 0.4) is 0 Å². The van der Waals surface area contributed by atoms with Crippen molar-refractivity contribution in [1.82, 2.24) is 14.7 Å². The van der Waals surface area contributed by atoms with Crippen molar-refractivity contribution in [2.45, 2.75) is 99.0 Å². The summed E-state index contributed by atoms with van der Waals surface area (Å²) in [6.45, 7) is 21.9. The number of rotatable bonds is 4. The Morgan fingerprint density at radius 2 is 1.16 bits per heavy atom. The number of benzene rings is 2. The number of piperidine rings is 2. The van der Waals surface area contributed by atoms with E-state index in [4.69, 9.17) is 4.74 Å². The monoisotopic (exact) mass is 791 g/mol. The lowest BCUT2D eigenvalue weighted by atomic mass is 10.1. The third-order valence-electron chi connectivity index (χ3n) is 10.2. The molecular formula is C45H70N6O6.